The minimum Gasteiger partial charge on any atom is -0.399 e. The van der Waals surface area contributed by atoms with E-state index in [0.717, 1.165) is 16.8 Å². The van der Waals surface area contributed by atoms with Gasteiger partial charge in [0.1, 0.15) is 7.11 Å². The highest BCUT2D eigenvalue weighted by Gasteiger charge is 2.05. The van der Waals surface area contributed by atoms with Crippen LogP contribution < -0.4 is 5.32 Å². The lowest BCUT2D eigenvalue weighted by Gasteiger charge is -2.06. The standard InChI is InChI=1S/C17H18N2O3/c1-22-18-12-14-2-6-15(7-3-14)17(21)19-16-8-4-13(5-9-16)10-11-20/h2-9,12,20H,10-11H2,1H3,(H,19,21)/b18-12+. The smallest absolute Gasteiger partial charge is 0.255 e. The number of aliphatic hydroxyl groups excluding tert-OH is 1. The van der Waals surface area contributed by atoms with Crippen molar-refractivity contribution in [3.63, 3.8) is 0 Å². The van der Waals surface area contributed by atoms with Crippen LogP contribution in [-0.2, 0) is 11.3 Å². The van der Waals surface area contributed by atoms with Crippen LogP contribution in [0.25, 0.3) is 0 Å². The number of nitrogens with zero attached hydrogens (tertiary/aromatic N) is 1. The predicted molar refractivity (Wildman–Crippen MR) is 86.2 cm³/mol. The van der Waals surface area contributed by atoms with Crippen molar-refractivity contribution in [3.05, 3.63) is 65.2 Å². The molecule has 22 heavy (non-hydrogen) atoms. The molecule has 0 aliphatic rings. The Hall–Kier alpha value is -2.66. The number of benzene rings is 2. The van der Waals surface area contributed by atoms with Crippen molar-refractivity contribution in [2.24, 2.45) is 5.16 Å². The molecule has 0 bridgehead atoms. The number of hydrogen-bond donors (Lipinski definition) is 2. The number of carbonyl (C=O) groups excluding carboxylic acids is 1. The van der Waals surface area contributed by atoms with Crippen LogP contribution in [0.2, 0.25) is 0 Å². The fourth-order valence-electron chi connectivity index (χ4n) is 1.92. The zero-order valence-corrected chi connectivity index (χ0v) is 12.3. The molecule has 2 aromatic carbocycles. The van der Waals surface area contributed by atoms with Gasteiger partial charge in [-0.2, -0.15) is 0 Å². The van der Waals surface area contributed by atoms with E-state index in [1.54, 1.807) is 30.5 Å². The lowest BCUT2D eigenvalue weighted by molar-refractivity contribution is 0.102. The Morgan fingerprint density at radius 1 is 1.18 bits per heavy atom. The molecule has 2 rings (SSSR count). The summed E-state index contributed by atoms with van der Waals surface area (Å²) in [7, 11) is 1.48. The summed E-state index contributed by atoms with van der Waals surface area (Å²) in [6.07, 6.45) is 2.18. The van der Waals surface area contributed by atoms with Gasteiger partial charge in [-0.25, -0.2) is 0 Å². The number of nitrogens with one attached hydrogen (secondary N) is 1. The molecule has 0 spiro atoms. The second-order valence-corrected chi connectivity index (χ2v) is 4.66. The van der Waals surface area contributed by atoms with Crippen molar-refractivity contribution in [3.8, 4) is 0 Å². The summed E-state index contributed by atoms with van der Waals surface area (Å²) in [5.41, 5.74) is 3.17. The number of rotatable bonds is 6. The second kappa shape index (κ2) is 7.95. The maximum atomic E-state index is 12.1. The second-order valence-electron chi connectivity index (χ2n) is 4.66. The van der Waals surface area contributed by atoms with Gasteiger partial charge in [0.05, 0.1) is 6.21 Å². The quantitative estimate of drug-likeness (QED) is 0.635. The van der Waals surface area contributed by atoms with Crippen molar-refractivity contribution in [2.45, 2.75) is 6.42 Å². The van der Waals surface area contributed by atoms with Gasteiger partial charge in [0, 0.05) is 17.9 Å². The van der Waals surface area contributed by atoms with Crippen LogP contribution in [0.3, 0.4) is 0 Å². The largest absolute Gasteiger partial charge is 0.399 e. The SMILES string of the molecule is CO/N=C/c1ccc(C(=O)Nc2ccc(CCO)cc2)cc1. The van der Waals surface area contributed by atoms with E-state index in [-0.39, 0.29) is 12.5 Å². The highest BCUT2D eigenvalue weighted by atomic mass is 16.6. The molecule has 0 fully saturated rings. The third-order valence-electron chi connectivity index (χ3n) is 3.09. The molecule has 2 aromatic rings. The van der Waals surface area contributed by atoms with Crippen molar-refractivity contribution in [1.29, 1.82) is 0 Å². The first-order valence-corrected chi connectivity index (χ1v) is 6.90. The van der Waals surface area contributed by atoms with Gasteiger partial charge in [-0.1, -0.05) is 29.4 Å². The Morgan fingerprint density at radius 3 is 2.45 bits per heavy atom. The normalized spacial score (nSPS) is 10.6. The third-order valence-corrected chi connectivity index (χ3v) is 3.09. The monoisotopic (exact) mass is 298 g/mol. The first-order chi connectivity index (χ1) is 10.7. The van der Waals surface area contributed by atoms with Crippen LogP contribution in [0, 0.1) is 0 Å². The van der Waals surface area contributed by atoms with E-state index in [4.69, 9.17) is 5.11 Å². The van der Waals surface area contributed by atoms with Crippen LogP contribution in [0.15, 0.2) is 53.7 Å². The molecule has 0 heterocycles. The predicted octanol–water partition coefficient (Wildman–Crippen LogP) is 2.45. The Labute approximate surface area is 129 Å². The summed E-state index contributed by atoms with van der Waals surface area (Å²) in [5.74, 6) is -0.176. The first-order valence-electron chi connectivity index (χ1n) is 6.90. The zero-order chi connectivity index (χ0) is 15.8. The van der Waals surface area contributed by atoms with E-state index in [9.17, 15) is 4.79 Å². The first kappa shape index (κ1) is 15.7. The zero-order valence-electron chi connectivity index (χ0n) is 12.3. The molecule has 5 nitrogen and oxygen atoms in total. The molecule has 0 radical (unpaired) electrons. The molecule has 0 saturated heterocycles. The highest BCUT2D eigenvalue weighted by molar-refractivity contribution is 6.04. The molecule has 0 aliphatic carbocycles. The van der Waals surface area contributed by atoms with Gasteiger partial charge >= 0.3 is 0 Å². The fraction of sp³-hybridized carbons (Fsp3) is 0.176. The van der Waals surface area contributed by atoms with Crippen LogP contribution >= 0.6 is 0 Å². The van der Waals surface area contributed by atoms with E-state index >= 15 is 0 Å². The fourth-order valence-corrected chi connectivity index (χ4v) is 1.92. The van der Waals surface area contributed by atoms with Crippen LogP contribution in [0.5, 0.6) is 0 Å². The van der Waals surface area contributed by atoms with E-state index < -0.39 is 0 Å². The molecule has 0 aliphatic heterocycles. The molecule has 5 heteroatoms. The van der Waals surface area contributed by atoms with Gasteiger partial charge in [0.2, 0.25) is 0 Å². The molecule has 0 aromatic heterocycles. The van der Waals surface area contributed by atoms with Crippen LogP contribution in [0.1, 0.15) is 21.5 Å². The summed E-state index contributed by atoms with van der Waals surface area (Å²) >= 11 is 0. The Balaban J connectivity index is 2.00. The summed E-state index contributed by atoms with van der Waals surface area (Å²) in [4.78, 5) is 16.7. The topological polar surface area (TPSA) is 70.9 Å². The van der Waals surface area contributed by atoms with Gasteiger partial charge in [-0.3, -0.25) is 4.79 Å². The van der Waals surface area contributed by atoms with Crippen molar-refractivity contribution >= 4 is 17.8 Å². The lowest BCUT2D eigenvalue weighted by atomic mass is 10.1. The van der Waals surface area contributed by atoms with E-state index in [2.05, 4.69) is 15.3 Å². The molecule has 2 N–H and O–H groups in total. The number of amides is 1. The summed E-state index contributed by atoms with van der Waals surface area (Å²) in [6, 6.07) is 14.5. The lowest BCUT2D eigenvalue weighted by Crippen LogP contribution is -2.11. The molecule has 0 saturated carbocycles. The average Bonchev–Trinajstić information content (AvgIpc) is 2.55. The summed E-state index contributed by atoms with van der Waals surface area (Å²) in [6.45, 7) is 0.116. The average molecular weight is 298 g/mol. The van der Waals surface area contributed by atoms with Crippen molar-refractivity contribution in [1.82, 2.24) is 0 Å². The van der Waals surface area contributed by atoms with Gasteiger partial charge in [-0.05, 0) is 41.8 Å². The maximum Gasteiger partial charge on any atom is 0.255 e. The summed E-state index contributed by atoms with van der Waals surface area (Å²) < 4.78 is 0. The Bertz CT molecular complexity index is 634. The molecule has 0 unspecified atom stereocenters. The summed E-state index contributed by atoms with van der Waals surface area (Å²) in [5, 5.41) is 15.4. The van der Waals surface area contributed by atoms with Crippen molar-refractivity contribution < 1.29 is 14.7 Å². The number of hydrogen-bond acceptors (Lipinski definition) is 4. The van der Waals surface area contributed by atoms with Gasteiger partial charge in [0.25, 0.3) is 5.91 Å². The number of carbonyl (C=O) groups is 1. The minimum absolute atomic E-state index is 0.116. The van der Waals surface area contributed by atoms with E-state index in [1.807, 2.05) is 24.3 Å². The molecule has 0 atom stereocenters. The van der Waals surface area contributed by atoms with Gasteiger partial charge in [-0.15, -0.1) is 0 Å². The number of aliphatic hydroxyl groups is 1. The number of oxime groups is 1. The van der Waals surface area contributed by atoms with E-state index in [0.29, 0.717) is 12.0 Å². The van der Waals surface area contributed by atoms with Gasteiger partial charge < -0.3 is 15.3 Å². The molecular weight excluding hydrogens is 280 g/mol. The molecule has 114 valence electrons. The highest BCUT2D eigenvalue weighted by Crippen LogP contribution is 2.12. The van der Waals surface area contributed by atoms with Crippen LogP contribution in [-0.4, -0.2) is 30.9 Å². The van der Waals surface area contributed by atoms with Gasteiger partial charge in [0.15, 0.2) is 0 Å². The van der Waals surface area contributed by atoms with Crippen LogP contribution in [0.4, 0.5) is 5.69 Å². The third kappa shape index (κ3) is 4.43. The number of anilines is 1. The molecular formula is C17H18N2O3. The van der Waals surface area contributed by atoms with Crippen molar-refractivity contribution in [2.75, 3.05) is 19.0 Å². The maximum absolute atomic E-state index is 12.1. The Morgan fingerprint density at radius 2 is 1.86 bits per heavy atom. The van der Waals surface area contributed by atoms with E-state index in [1.165, 1.54) is 7.11 Å². The minimum atomic E-state index is -0.176. The Kier molecular flexibility index (Phi) is 5.68. The molecule has 1 amide bonds.